The van der Waals surface area contributed by atoms with Gasteiger partial charge in [0, 0.05) is 24.7 Å². The van der Waals surface area contributed by atoms with Crippen LogP contribution in [-0.4, -0.2) is 68.4 Å². The van der Waals surface area contributed by atoms with E-state index in [9.17, 15) is 14.4 Å². The Kier molecular flexibility index (Phi) is 31.8. The van der Waals surface area contributed by atoms with Crippen molar-refractivity contribution in [3.63, 3.8) is 0 Å². The molecule has 0 heterocycles. The molecule has 0 fully saturated rings. The molecule has 0 aliphatic rings. The molecular formula is C27H54O9. The first-order valence-electron chi connectivity index (χ1n) is 13.6. The minimum Gasteiger partial charge on any atom is -0.481 e. The molecule has 0 aliphatic heterocycles. The molecule has 9 nitrogen and oxygen atoms in total. The topological polar surface area (TPSA) is 173 Å². The zero-order chi connectivity index (χ0) is 28.1. The van der Waals surface area contributed by atoms with Crippen LogP contribution >= 0.6 is 0 Å². The van der Waals surface area contributed by atoms with E-state index < -0.39 is 23.3 Å². The molecule has 0 aromatic rings. The predicted octanol–water partition coefficient (Wildman–Crippen LogP) is 5.24. The van der Waals surface area contributed by atoms with Crippen molar-refractivity contribution in [2.75, 3.05) is 19.8 Å². The minimum atomic E-state index is -0.948. The first-order valence-corrected chi connectivity index (χ1v) is 13.6. The summed E-state index contributed by atoms with van der Waals surface area (Å²) in [4.78, 5) is 29.9. The van der Waals surface area contributed by atoms with Crippen LogP contribution in [-0.2, 0) is 14.4 Å². The van der Waals surface area contributed by atoms with Crippen molar-refractivity contribution >= 4 is 17.9 Å². The minimum absolute atomic E-state index is 0.0632. The molecule has 0 amide bonds. The number of aliphatic hydroxyl groups is 3. The van der Waals surface area contributed by atoms with Crippen LogP contribution in [0.15, 0.2) is 0 Å². The first kappa shape index (κ1) is 38.8. The van der Waals surface area contributed by atoms with E-state index >= 15 is 0 Å². The molecule has 6 N–H and O–H groups in total. The van der Waals surface area contributed by atoms with Gasteiger partial charge in [-0.2, -0.15) is 0 Å². The van der Waals surface area contributed by atoms with Gasteiger partial charge in [-0.15, -0.1) is 0 Å². The van der Waals surface area contributed by atoms with E-state index in [1.807, 2.05) is 6.92 Å². The van der Waals surface area contributed by atoms with Crippen LogP contribution in [0.5, 0.6) is 0 Å². The maximum atomic E-state index is 10.3. The average molecular weight is 523 g/mol. The summed E-state index contributed by atoms with van der Waals surface area (Å²) in [5.41, 5.74) is -0.667. The van der Waals surface area contributed by atoms with Crippen molar-refractivity contribution in [1.82, 2.24) is 0 Å². The summed E-state index contributed by atoms with van der Waals surface area (Å²) < 4.78 is 0. The molecule has 0 aromatic heterocycles. The number of aliphatic carboxylic acids is 3. The van der Waals surface area contributed by atoms with E-state index in [0.29, 0.717) is 12.8 Å². The molecule has 0 rings (SSSR count). The Bertz CT molecular complexity index is 474. The molecule has 9 heteroatoms. The van der Waals surface area contributed by atoms with Crippen molar-refractivity contribution < 1.29 is 45.0 Å². The Balaban J connectivity index is -0.000000507. The van der Waals surface area contributed by atoms with E-state index in [-0.39, 0.29) is 39.1 Å². The Hall–Kier alpha value is -1.71. The zero-order valence-corrected chi connectivity index (χ0v) is 22.8. The third-order valence-corrected chi connectivity index (χ3v) is 6.03. The van der Waals surface area contributed by atoms with Gasteiger partial charge in [0.25, 0.3) is 0 Å². The normalized spacial score (nSPS) is 10.6. The largest absolute Gasteiger partial charge is 0.481 e. The van der Waals surface area contributed by atoms with E-state index in [2.05, 4.69) is 6.92 Å². The van der Waals surface area contributed by atoms with Crippen LogP contribution in [0.25, 0.3) is 0 Å². The summed E-state index contributed by atoms with van der Waals surface area (Å²) in [6.07, 6.45) is 17.9. The van der Waals surface area contributed by atoms with Gasteiger partial charge in [0.05, 0.1) is 19.8 Å². The van der Waals surface area contributed by atoms with Crippen LogP contribution < -0.4 is 0 Å². The Morgan fingerprint density at radius 3 is 0.972 bits per heavy atom. The summed E-state index contributed by atoms with van der Waals surface area (Å²) in [5, 5.41) is 50.5. The van der Waals surface area contributed by atoms with Gasteiger partial charge in [0.15, 0.2) is 0 Å². The summed E-state index contributed by atoms with van der Waals surface area (Å²) in [6.45, 7) is 3.61. The SMILES string of the molecule is CCC(CO)(CO)CO.CCCCCCCCCCCCCCCC(=O)O.O=C(O)CCCC(=O)O. The van der Waals surface area contributed by atoms with Gasteiger partial charge in [-0.05, 0) is 19.3 Å². The summed E-state index contributed by atoms with van der Waals surface area (Å²) in [6, 6.07) is 0. The molecule has 36 heavy (non-hydrogen) atoms. The number of carboxylic acid groups (broad SMARTS) is 3. The van der Waals surface area contributed by atoms with Crippen LogP contribution in [0, 0.1) is 5.41 Å². The maximum Gasteiger partial charge on any atom is 0.303 e. The predicted molar refractivity (Wildman–Crippen MR) is 141 cm³/mol. The molecule has 216 valence electrons. The lowest BCUT2D eigenvalue weighted by Crippen LogP contribution is -2.32. The average Bonchev–Trinajstić information content (AvgIpc) is 2.84. The van der Waals surface area contributed by atoms with Crippen molar-refractivity contribution in [1.29, 1.82) is 0 Å². The molecule has 0 unspecified atom stereocenters. The number of hydrogen-bond acceptors (Lipinski definition) is 6. The van der Waals surface area contributed by atoms with Gasteiger partial charge >= 0.3 is 17.9 Å². The van der Waals surface area contributed by atoms with Crippen molar-refractivity contribution in [3.8, 4) is 0 Å². The quantitative estimate of drug-likeness (QED) is 0.104. The number of aliphatic hydroxyl groups excluding tert-OH is 3. The molecule has 0 saturated heterocycles. The Labute approximate surface area is 217 Å². The number of carbonyl (C=O) groups is 3. The number of carboxylic acids is 3. The lowest BCUT2D eigenvalue weighted by Gasteiger charge is -2.24. The standard InChI is InChI=1S/C16H32O2.C6H14O3.C5H8O4/c1-2-3-4-5-6-7-8-9-10-11-12-13-14-15-16(17)18;1-2-6(3-7,4-8)5-9;6-4(7)2-1-3-5(8)9/h2-15H2,1H3,(H,17,18);7-9H,2-5H2,1H3;1-3H2,(H,6,7)(H,8,9). The monoisotopic (exact) mass is 522 g/mol. The fourth-order valence-electron chi connectivity index (χ4n) is 3.17. The number of hydrogen-bond donors (Lipinski definition) is 6. The molecule has 0 bridgehead atoms. The van der Waals surface area contributed by atoms with E-state index in [4.69, 9.17) is 30.6 Å². The smallest absolute Gasteiger partial charge is 0.303 e. The second-order valence-corrected chi connectivity index (χ2v) is 9.36. The van der Waals surface area contributed by atoms with E-state index in [1.165, 1.54) is 70.6 Å². The summed E-state index contributed by atoms with van der Waals surface area (Å²) in [5.74, 6) is -2.55. The Morgan fingerprint density at radius 2 is 0.750 bits per heavy atom. The van der Waals surface area contributed by atoms with Gasteiger partial charge < -0.3 is 30.6 Å². The molecular weight excluding hydrogens is 468 g/mol. The van der Waals surface area contributed by atoms with Gasteiger partial charge in [0.2, 0.25) is 0 Å². The highest BCUT2D eigenvalue weighted by Gasteiger charge is 2.24. The lowest BCUT2D eigenvalue weighted by molar-refractivity contribution is -0.139. The van der Waals surface area contributed by atoms with Crippen LogP contribution in [0.3, 0.4) is 0 Å². The molecule has 0 atom stereocenters. The van der Waals surface area contributed by atoms with Crippen LogP contribution in [0.2, 0.25) is 0 Å². The van der Waals surface area contributed by atoms with Crippen LogP contribution in [0.1, 0.15) is 129 Å². The summed E-state index contributed by atoms with van der Waals surface area (Å²) >= 11 is 0. The fourth-order valence-corrected chi connectivity index (χ4v) is 3.17. The van der Waals surface area contributed by atoms with Gasteiger partial charge in [-0.3, -0.25) is 14.4 Å². The lowest BCUT2D eigenvalue weighted by atomic mass is 9.88. The maximum absolute atomic E-state index is 10.3. The van der Waals surface area contributed by atoms with E-state index in [0.717, 1.165) is 12.8 Å². The van der Waals surface area contributed by atoms with Gasteiger partial charge in [0.1, 0.15) is 0 Å². The van der Waals surface area contributed by atoms with Crippen molar-refractivity contribution in [2.24, 2.45) is 5.41 Å². The third kappa shape index (κ3) is 32.3. The van der Waals surface area contributed by atoms with Crippen molar-refractivity contribution in [2.45, 2.75) is 129 Å². The zero-order valence-electron chi connectivity index (χ0n) is 22.8. The highest BCUT2D eigenvalue weighted by Crippen LogP contribution is 2.18. The third-order valence-electron chi connectivity index (χ3n) is 6.03. The fraction of sp³-hybridized carbons (Fsp3) is 0.889. The van der Waals surface area contributed by atoms with Crippen LogP contribution in [0.4, 0.5) is 0 Å². The highest BCUT2D eigenvalue weighted by atomic mass is 16.4. The number of unbranched alkanes of at least 4 members (excludes halogenated alkanes) is 12. The molecule has 0 aliphatic carbocycles. The Morgan fingerprint density at radius 1 is 0.472 bits per heavy atom. The second-order valence-electron chi connectivity index (χ2n) is 9.36. The summed E-state index contributed by atoms with van der Waals surface area (Å²) in [7, 11) is 0. The number of rotatable bonds is 22. The highest BCUT2D eigenvalue weighted by molar-refractivity contribution is 5.69. The first-order chi connectivity index (χ1) is 17.1. The van der Waals surface area contributed by atoms with Crippen molar-refractivity contribution in [3.05, 3.63) is 0 Å². The van der Waals surface area contributed by atoms with E-state index in [1.54, 1.807) is 0 Å². The van der Waals surface area contributed by atoms with Gasteiger partial charge in [-0.25, -0.2) is 0 Å². The molecule has 0 aromatic carbocycles. The van der Waals surface area contributed by atoms with Gasteiger partial charge in [-0.1, -0.05) is 90.9 Å². The second kappa shape index (κ2) is 29.5. The molecule has 0 saturated carbocycles. The molecule has 0 radical (unpaired) electrons. The molecule has 0 spiro atoms.